The molecule has 0 atom stereocenters. The Bertz CT molecular complexity index is 851. The van der Waals surface area contributed by atoms with Gasteiger partial charge < -0.3 is 9.73 Å². The van der Waals surface area contributed by atoms with Crippen molar-refractivity contribution in [3.63, 3.8) is 0 Å². The fraction of sp³-hybridized carbons (Fsp3) is 0.176. The molecule has 0 unspecified atom stereocenters. The molecule has 0 amide bonds. The standard InChI is InChI=1S/C17H13N3O/c18-10-15-17(19-12-8-9-12)21-16(20-15)14-7-3-5-11-4-1-2-6-13(11)14/h1-7,12,19H,8-9H2. The van der Waals surface area contributed by atoms with Crippen molar-refractivity contribution in [1.82, 2.24) is 4.98 Å². The molecular weight excluding hydrogens is 262 g/mol. The molecule has 2 aromatic carbocycles. The number of aromatic nitrogens is 1. The Kier molecular flexibility index (Phi) is 2.65. The highest BCUT2D eigenvalue weighted by Crippen LogP contribution is 2.33. The van der Waals surface area contributed by atoms with E-state index in [0.717, 1.165) is 29.2 Å². The lowest BCUT2D eigenvalue weighted by molar-refractivity contribution is 0.585. The van der Waals surface area contributed by atoms with Crippen LogP contribution in [0.4, 0.5) is 5.88 Å². The lowest BCUT2D eigenvalue weighted by Crippen LogP contribution is -2.00. The van der Waals surface area contributed by atoms with Gasteiger partial charge in [-0.1, -0.05) is 36.4 Å². The molecule has 21 heavy (non-hydrogen) atoms. The predicted molar refractivity (Wildman–Crippen MR) is 80.8 cm³/mol. The minimum atomic E-state index is 0.324. The molecule has 3 aromatic rings. The number of hydrogen-bond donors (Lipinski definition) is 1. The highest BCUT2D eigenvalue weighted by Gasteiger charge is 2.25. The van der Waals surface area contributed by atoms with Gasteiger partial charge in [-0.05, 0) is 29.7 Å². The summed E-state index contributed by atoms with van der Waals surface area (Å²) < 4.78 is 5.81. The van der Waals surface area contributed by atoms with Gasteiger partial charge in [-0.15, -0.1) is 0 Å². The molecule has 1 saturated carbocycles. The number of anilines is 1. The van der Waals surface area contributed by atoms with E-state index in [2.05, 4.69) is 28.5 Å². The number of rotatable bonds is 3. The number of nitrogens with one attached hydrogen (secondary N) is 1. The number of oxazole rings is 1. The Morgan fingerprint density at radius 3 is 2.76 bits per heavy atom. The Balaban J connectivity index is 1.85. The van der Waals surface area contributed by atoms with Crippen molar-refractivity contribution in [2.24, 2.45) is 0 Å². The van der Waals surface area contributed by atoms with Crippen LogP contribution in [0.15, 0.2) is 46.9 Å². The molecular formula is C17H13N3O. The smallest absolute Gasteiger partial charge is 0.232 e. The number of benzene rings is 2. The maximum Gasteiger partial charge on any atom is 0.232 e. The fourth-order valence-electron chi connectivity index (χ4n) is 2.43. The van der Waals surface area contributed by atoms with E-state index in [9.17, 15) is 5.26 Å². The number of nitrogens with zero attached hydrogens (tertiary/aromatic N) is 2. The van der Waals surface area contributed by atoms with E-state index in [-0.39, 0.29) is 0 Å². The molecule has 4 rings (SSSR count). The van der Waals surface area contributed by atoms with Crippen LogP contribution in [0.1, 0.15) is 18.5 Å². The molecule has 0 saturated heterocycles. The third-order valence-corrected chi connectivity index (χ3v) is 3.67. The lowest BCUT2D eigenvalue weighted by atomic mass is 10.0. The second-order valence-corrected chi connectivity index (χ2v) is 5.25. The maximum absolute atomic E-state index is 9.21. The molecule has 4 nitrogen and oxygen atoms in total. The SMILES string of the molecule is N#Cc1nc(-c2cccc3ccccc23)oc1NC1CC1. The largest absolute Gasteiger partial charge is 0.419 e. The van der Waals surface area contributed by atoms with E-state index in [1.807, 2.05) is 30.3 Å². The van der Waals surface area contributed by atoms with E-state index >= 15 is 0 Å². The first kappa shape index (κ1) is 12.0. The molecule has 102 valence electrons. The second-order valence-electron chi connectivity index (χ2n) is 5.25. The average Bonchev–Trinajstić information content (AvgIpc) is 3.25. The molecule has 1 aromatic heterocycles. The third-order valence-electron chi connectivity index (χ3n) is 3.67. The van der Waals surface area contributed by atoms with E-state index in [4.69, 9.17) is 4.42 Å². The summed E-state index contributed by atoms with van der Waals surface area (Å²) in [4.78, 5) is 4.34. The van der Waals surface area contributed by atoms with Crippen molar-refractivity contribution >= 4 is 16.7 Å². The zero-order valence-electron chi connectivity index (χ0n) is 11.3. The highest BCUT2D eigenvalue weighted by atomic mass is 16.4. The maximum atomic E-state index is 9.21. The minimum Gasteiger partial charge on any atom is -0.419 e. The molecule has 0 radical (unpaired) electrons. The summed E-state index contributed by atoms with van der Waals surface area (Å²) >= 11 is 0. The fourth-order valence-corrected chi connectivity index (χ4v) is 2.43. The molecule has 1 fully saturated rings. The van der Waals surface area contributed by atoms with Gasteiger partial charge in [0.2, 0.25) is 17.5 Å². The van der Waals surface area contributed by atoms with Gasteiger partial charge in [0, 0.05) is 11.6 Å². The van der Waals surface area contributed by atoms with Crippen molar-refractivity contribution in [3.8, 4) is 17.5 Å². The van der Waals surface area contributed by atoms with Gasteiger partial charge in [0.15, 0.2) is 0 Å². The van der Waals surface area contributed by atoms with Crippen molar-refractivity contribution in [2.45, 2.75) is 18.9 Å². The molecule has 1 aliphatic carbocycles. The van der Waals surface area contributed by atoms with Gasteiger partial charge in [0.25, 0.3) is 0 Å². The van der Waals surface area contributed by atoms with Gasteiger partial charge in [-0.25, -0.2) is 0 Å². The second kappa shape index (κ2) is 4.64. The monoisotopic (exact) mass is 275 g/mol. The average molecular weight is 275 g/mol. The summed E-state index contributed by atoms with van der Waals surface area (Å²) in [6.07, 6.45) is 2.24. The van der Waals surface area contributed by atoms with Crippen molar-refractivity contribution in [1.29, 1.82) is 5.26 Å². The topological polar surface area (TPSA) is 61.9 Å². The van der Waals surface area contributed by atoms with Crippen LogP contribution in [0.3, 0.4) is 0 Å². The van der Waals surface area contributed by atoms with Crippen molar-refractivity contribution in [2.75, 3.05) is 5.32 Å². The van der Waals surface area contributed by atoms with E-state index in [0.29, 0.717) is 23.5 Å². The van der Waals surface area contributed by atoms with Gasteiger partial charge in [0.1, 0.15) is 6.07 Å². The van der Waals surface area contributed by atoms with Crippen molar-refractivity contribution in [3.05, 3.63) is 48.2 Å². The molecule has 1 N–H and O–H groups in total. The quantitative estimate of drug-likeness (QED) is 0.786. The zero-order valence-corrected chi connectivity index (χ0v) is 11.3. The number of hydrogen-bond acceptors (Lipinski definition) is 4. The van der Waals surface area contributed by atoms with Crippen LogP contribution in [-0.2, 0) is 0 Å². The Hall–Kier alpha value is -2.80. The Labute approximate surface area is 122 Å². The van der Waals surface area contributed by atoms with Crippen LogP contribution in [0.2, 0.25) is 0 Å². The Morgan fingerprint density at radius 1 is 1.14 bits per heavy atom. The van der Waals surface area contributed by atoms with Crippen LogP contribution in [0.25, 0.3) is 22.2 Å². The molecule has 1 heterocycles. The van der Waals surface area contributed by atoms with Crippen LogP contribution < -0.4 is 5.32 Å². The lowest BCUT2D eigenvalue weighted by Gasteiger charge is -2.02. The molecule has 0 bridgehead atoms. The highest BCUT2D eigenvalue weighted by molar-refractivity contribution is 5.94. The molecule has 0 aliphatic heterocycles. The first-order valence-electron chi connectivity index (χ1n) is 7.01. The van der Waals surface area contributed by atoms with Crippen LogP contribution in [0, 0.1) is 11.3 Å². The summed E-state index contributed by atoms with van der Waals surface area (Å²) in [5.74, 6) is 0.981. The van der Waals surface area contributed by atoms with Crippen LogP contribution in [-0.4, -0.2) is 11.0 Å². The molecule has 0 spiro atoms. The summed E-state index contributed by atoms with van der Waals surface area (Å²) in [5, 5.41) is 14.6. The predicted octanol–water partition coefficient (Wildman–Crippen LogP) is 3.94. The Morgan fingerprint density at radius 2 is 1.95 bits per heavy atom. The van der Waals surface area contributed by atoms with Crippen LogP contribution in [0.5, 0.6) is 0 Å². The molecule has 1 aliphatic rings. The first-order chi connectivity index (χ1) is 10.3. The van der Waals surface area contributed by atoms with Gasteiger partial charge >= 0.3 is 0 Å². The van der Waals surface area contributed by atoms with Crippen molar-refractivity contribution < 1.29 is 4.42 Å². The number of fused-ring (bicyclic) bond motifs is 1. The van der Waals surface area contributed by atoms with E-state index in [1.165, 1.54) is 0 Å². The van der Waals surface area contributed by atoms with Gasteiger partial charge in [-0.2, -0.15) is 10.2 Å². The first-order valence-corrected chi connectivity index (χ1v) is 7.01. The van der Waals surface area contributed by atoms with Crippen LogP contribution >= 0.6 is 0 Å². The van der Waals surface area contributed by atoms with Gasteiger partial charge in [0.05, 0.1) is 0 Å². The normalized spacial score (nSPS) is 14.0. The summed E-state index contributed by atoms with van der Waals surface area (Å²) in [6.45, 7) is 0. The summed E-state index contributed by atoms with van der Waals surface area (Å²) in [6, 6.07) is 16.6. The summed E-state index contributed by atoms with van der Waals surface area (Å²) in [7, 11) is 0. The van der Waals surface area contributed by atoms with Gasteiger partial charge in [-0.3, -0.25) is 0 Å². The van der Waals surface area contributed by atoms with E-state index < -0.39 is 0 Å². The number of nitriles is 1. The summed E-state index contributed by atoms with van der Waals surface area (Å²) in [5.41, 5.74) is 1.23. The molecule has 4 heteroatoms. The zero-order chi connectivity index (χ0) is 14.2. The third kappa shape index (κ3) is 2.13. The van der Waals surface area contributed by atoms with E-state index in [1.54, 1.807) is 0 Å². The minimum absolute atomic E-state index is 0.324.